The molecular formula is C39H40N6O4S. The fourth-order valence-corrected chi connectivity index (χ4v) is 9.18. The lowest BCUT2D eigenvalue weighted by Gasteiger charge is -2.47. The van der Waals surface area contributed by atoms with Crippen LogP contribution in [0.2, 0.25) is 0 Å². The molecule has 0 saturated carbocycles. The highest BCUT2D eigenvalue weighted by Gasteiger charge is 2.54. The topological polar surface area (TPSA) is 112 Å². The molecule has 1 atom stereocenters. The van der Waals surface area contributed by atoms with E-state index in [1.54, 1.807) is 43.6 Å². The molecule has 2 aliphatic rings. The first-order valence-electron chi connectivity index (χ1n) is 16.9. The third-order valence-electron chi connectivity index (χ3n) is 9.96. The number of benzene rings is 3. The van der Waals surface area contributed by atoms with Crippen LogP contribution in [0.25, 0.3) is 10.9 Å². The molecule has 0 amide bonds. The Morgan fingerprint density at radius 1 is 0.900 bits per heavy atom. The number of fused-ring (bicyclic) bond motifs is 2. The van der Waals surface area contributed by atoms with E-state index in [-0.39, 0.29) is 11.4 Å². The van der Waals surface area contributed by atoms with Gasteiger partial charge in [0, 0.05) is 66.5 Å². The molecule has 10 nitrogen and oxygen atoms in total. The van der Waals surface area contributed by atoms with Gasteiger partial charge in [-0.3, -0.25) is 19.2 Å². The average Bonchev–Trinajstić information content (AvgIpc) is 3.50. The number of sulfonamides is 1. The fourth-order valence-electron chi connectivity index (χ4n) is 7.52. The molecule has 0 radical (unpaired) electrons. The molecule has 1 saturated heterocycles. The summed E-state index contributed by atoms with van der Waals surface area (Å²) in [6, 6.07) is 24.8. The molecule has 0 N–H and O–H groups in total. The summed E-state index contributed by atoms with van der Waals surface area (Å²) < 4.78 is 43.6. The first kappa shape index (κ1) is 33.3. The predicted molar refractivity (Wildman–Crippen MR) is 195 cm³/mol. The van der Waals surface area contributed by atoms with Gasteiger partial charge in [0.25, 0.3) is 10.0 Å². The zero-order valence-corrected chi connectivity index (χ0v) is 29.6. The van der Waals surface area contributed by atoms with Crippen LogP contribution in [-0.4, -0.2) is 69.7 Å². The molecular weight excluding hydrogens is 649 g/mol. The van der Waals surface area contributed by atoms with Crippen molar-refractivity contribution >= 4 is 32.3 Å². The summed E-state index contributed by atoms with van der Waals surface area (Å²) in [5.74, 6) is 1.24. The number of rotatable bonds is 9. The van der Waals surface area contributed by atoms with Gasteiger partial charge in [-0.1, -0.05) is 13.0 Å². The van der Waals surface area contributed by atoms with Gasteiger partial charge in [-0.15, -0.1) is 0 Å². The molecule has 0 spiro atoms. The predicted octanol–water partition coefficient (Wildman–Crippen LogP) is 6.05. The van der Waals surface area contributed by atoms with Crippen LogP contribution < -0.4 is 18.7 Å². The van der Waals surface area contributed by atoms with E-state index in [0.29, 0.717) is 53.3 Å². The lowest BCUT2D eigenvalue weighted by molar-refractivity contribution is 0.124. The van der Waals surface area contributed by atoms with Gasteiger partial charge in [0.1, 0.15) is 16.4 Å². The summed E-state index contributed by atoms with van der Waals surface area (Å²) in [5, 5.41) is 10.8. The van der Waals surface area contributed by atoms with E-state index < -0.39 is 15.6 Å². The largest absolute Gasteiger partial charge is 0.496 e. The molecule has 256 valence electrons. The van der Waals surface area contributed by atoms with Crippen LogP contribution in [0, 0.1) is 18.3 Å². The van der Waals surface area contributed by atoms with Crippen LogP contribution >= 0.6 is 0 Å². The standard InChI is InChI=1S/C39H40N6O4S/c1-5-28-10-12-36(49-6-2)33(23-28)39(44-20-18-43(19-21-44)30-15-17-41-27(3)22-30)26-45(34-11-9-29(25-40)24-32(34)39)50(46,47)37-14-13-35(48-4)31-8-7-16-42-38(31)37/h7-17,22-24H,5-6,18-21,26H2,1-4H3. The number of piperazine rings is 1. The summed E-state index contributed by atoms with van der Waals surface area (Å²) in [6.45, 7) is 9.29. The van der Waals surface area contributed by atoms with E-state index in [2.05, 4.69) is 51.0 Å². The minimum atomic E-state index is -4.19. The lowest BCUT2D eigenvalue weighted by Crippen LogP contribution is -2.58. The molecule has 1 unspecified atom stereocenters. The zero-order chi connectivity index (χ0) is 35.0. The first-order chi connectivity index (χ1) is 24.2. The summed E-state index contributed by atoms with van der Waals surface area (Å²) in [4.78, 5) is 13.7. The monoisotopic (exact) mass is 688 g/mol. The molecule has 1 fully saturated rings. The number of aromatic nitrogens is 2. The van der Waals surface area contributed by atoms with Gasteiger partial charge in [0.05, 0.1) is 48.6 Å². The highest BCUT2D eigenvalue weighted by Crippen LogP contribution is 2.53. The SMILES string of the molecule is CCOc1ccc(CC)cc1C1(N2CCN(c3ccnc(C)c3)CC2)CN(S(=O)(=O)c2ccc(OC)c3cccnc23)c2ccc(C#N)cc21. The van der Waals surface area contributed by atoms with Crippen LogP contribution in [0.1, 0.15) is 41.8 Å². The van der Waals surface area contributed by atoms with Crippen molar-refractivity contribution in [3.63, 3.8) is 0 Å². The van der Waals surface area contributed by atoms with Crippen molar-refractivity contribution < 1.29 is 17.9 Å². The van der Waals surface area contributed by atoms with Crippen molar-refractivity contribution in [1.29, 1.82) is 5.26 Å². The van der Waals surface area contributed by atoms with Crippen molar-refractivity contribution in [2.75, 3.05) is 55.6 Å². The normalized spacial score (nSPS) is 17.8. The molecule has 2 aromatic heterocycles. The van der Waals surface area contributed by atoms with E-state index in [1.807, 2.05) is 44.3 Å². The summed E-state index contributed by atoms with van der Waals surface area (Å²) in [5.41, 5.74) is 5.17. The molecule has 0 aliphatic carbocycles. The zero-order valence-electron chi connectivity index (χ0n) is 28.8. The minimum absolute atomic E-state index is 0.0848. The van der Waals surface area contributed by atoms with E-state index in [9.17, 15) is 5.26 Å². The summed E-state index contributed by atoms with van der Waals surface area (Å²) in [7, 11) is -2.63. The lowest BCUT2D eigenvalue weighted by atomic mass is 9.80. The Hall–Kier alpha value is -5.18. The van der Waals surface area contributed by atoms with Crippen molar-refractivity contribution in [2.24, 2.45) is 0 Å². The number of anilines is 2. The van der Waals surface area contributed by atoms with Gasteiger partial charge >= 0.3 is 0 Å². The van der Waals surface area contributed by atoms with E-state index >= 15 is 8.42 Å². The van der Waals surface area contributed by atoms with Crippen LogP contribution in [0.4, 0.5) is 11.4 Å². The molecule has 5 aromatic rings. The van der Waals surface area contributed by atoms with Gasteiger partial charge in [-0.2, -0.15) is 5.26 Å². The first-order valence-corrected chi connectivity index (χ1v) is 18.4. The number of ether oxygens (including phenoxy) is 2. The van der Waals surface area contributed by atoms with Gasteiger partial charge in [0.15, 0.2) is 0 Å². The van der Waals surface area contributed by atoms with Crippen LogP contribution in [-0.2, 0) is 22.0 Å². The quantitative estimate of drug-likeness (QED) is 0.183. The highest BCUT2D eigenvalue weighted by molar-refractivity contribution is 7.93. The molecule has 50 heavy (non-hydrogen) atoms. The third-order valence-corrected chi connectivity index (χ3v) is 11.7. The average molecular weight is 689 g/mol. The summed E-state index contributed by atoms with van der Waals surface area (Å²) >= 11 is 0. The summed E-state index contributed by atoms with van der Waals surface area (Å²) in [6.07, 6.45) is 4.22. The number of nitrogens with zero attached hydrogens (tertiary/aromatic N) is 6. The maximum atomic E-state index is 15.1. The minimum Gasteiger partial charge on any atom is -0.496 e. The highest BCUT2D eigenvalue weighted by atomic mass is 32.2. The number of methoxy groups -OCH3 is 1. The maximum absolute atomic E-state index is 15.1. The number of pyridine rings is 2. The van der Waals surface area contributed by atoms with Gasteiger partial charge in [-0.05, 0) is 92.6 Å². The number of nitriles is 1. The number of hydrogen-bond acceptors (Lipinski definition) is 9. The van der Waals surface area contributed by atoms with Crippen LogP contribution in [0.15, 0.2) is 90.1 Å². The second kappa shape index (κ2) is 13.3. The molecule has 11 heteroatoms. The molecule has 3 aromatic carbocycles. The number of hydrogen-bond donors (Lipinski definition) is 0. The van der Waals surface area contributed by atoms with Crippen molar-refractivity contribution in [3.05, 3.63) is 113 Å². The fraction of sp³-hybridized carbons (Fsp3) is 0.308. The van der Waals surface area contributed by atoms with Crippen molar-refractivity contribution in [1.82, 2.24) is 14.9 Å². The van der Waals surface area contributed by atoms with E-state index in [4.69, 9.17) is 9.47 Å². The Morgan fingerprint density at radius 3 is 2.42 bits per heavy atom. The van der Waals surface area contributed by atoms with Gasteiger partial charge in [-0.25, -0.2) is 8.42 Å². The second-order valence-electron chi connectivity index (χ2n) is 12.6. The van der Waals surface area contributed by atoms with Crippen molar-refractivity contribution in [3.8, 4) is 17.6 Å². The van der Waals surface area contributed by atoms with E-state index in [0.717, 1.165) is 47.6 Å². The Kier molecular flexibility index (Phi) is 8.84. The van der Waals surface area contributed by atoms with Gasteiger partial charge in [0.2, 0.25) is 0 Å². The Labute approximate surface area is 293 Å². The van der Waals surface area contributed by atoms with Gasteiger partial charge < -0.3 is 14.4 Å². The smallest absolute Gasteiger partial charge is 0.266 e. The van der Waals surface area contributed by atoms with E-state index in [1.165, 1.54) is 4.31 Å². The van der Waals surface area contributed by atoms with Crippen LogP contribution in [0.5, 0.6) is 11.5 Å². The molecule has 4 heterocycles. The maximum Gasteiger partial charge on any atom is 0.266 e. The second-order valence-corrected chi connectivity index (χ2v) is 14.5. The third kappa shape index (κ3) is 5.49. The Balaban J connectivity index is 1.44. The van der Waals surface area contributed by atoms with Crippen molar-refractivity contribution in [2.45, 2.75) is 37.6 Å². The molecule has 7 rings (SSSR count). The number of aryl methyl sites for hydroxylation is 2. The Bertz CT molecular complexity index is 2230. The van der Waals surface area contributed by atoms with Crippen LogP contribution in [0.3, 0.4) is 0 Å². The molecule has 0 bridgehead atoms. The molecule has 2 aliphatic heterocycles. The Morgan fingerprint density at radius 2 is 1.70 bits per heavy atom.